The monoisotopic (exact) mass is 339 g/mol. The van der Waals surface area contributed by atoms with Crippen molar-refractivity contribution in [3.63, 3.8) is 0 Å². The molecule has 2 aromatic rings. The number of fused-ring (bicyclic) bond motifs is 1. The maximum Gasteiger partial charge on any atom is 0.244 e. The number of carbonyl (C=O) groups is 1. The van der Waals surface area contributed by atoms with Gasteiger partial charge in [0.15, 0.2) is 0 Å². The fourth-order valence-corrected chi connectivity index (χ4v) is 3.88. The van der Waals surface area contributed by atoms with Crippen LogP contribution < -0.4 is 5.32 Å². The van der Waals surface area contributed by atoms with Crippen LogP contribution in [0.1, 0.15) is 42.5 Å². The number of likely N-dealkylation sites (tertiary alicyclic amines) is 1. The Kier molecular flexibility index (Phi) is 4.53. The summed E-state index contributed by atoms with van der Waals surface area (Å²) in [6.45, 7) is 4.45. The molecule has 1 fully saturated rings. The number of hydrogen-bond donors (Lipinski definition) is 1. The third-order valence-corrected chi connectivity index (χ3v) is 5.16. The highest BCUT2D eigenvalue weighted by atomic mass is 16.2. The highest BCUT2D eigenvalue weighted by molar-refractivity contribution is 5.83. The third kappa shape index (κ3) is 3.44. The predicted octanol–water partition coefficient (Wildman–Crippen LogP) is 1.85. The van der Waals surface area contributed by atoms with Crippen LogP contribution >= 0.6 is 0 Å². The summed E-state index contributed by atoms with van der Waals surface area (Å²) in [4.78, 5) is 19.6. The van der Waals surface area contributed by atoms with Gasteiger partial charge in [0.2, 0.25) is 5.91 Å². The van der Waals surface area contributed by atoms with Crippen LogP contribution in [-0.2, 0) is 17.8 Å². The van der Waals surface area contributed by atoms with Gasteiger partial charge in [-0.05, 0) is 31.7 Å². The Hall–Kier alpha value is -2.21. The summed E-state index contributed by atoms with van der Waals surface area (Å²) < 4.78 is 1.99. The Bertz CT molecular complexity index is 736. The van der Waals surface area contributed by atoms with E-state index in [0.29, 0.717) is 0 Å². The summed E-state index contributed by atoms with van der Waals surface area (Å²) in [5, 5.41) is 8.09. The van der Waals surface area contributed by atoms with Gasteiger partial charge in [-0.25, -0.2) is 9.67 Å². The molecule has 1 aromatic carbocycles. The number of aromatic nitrogens is 3. The molecule has 1 N–H and O–H groups in total. The quantitative estimate of drug-likeness (QED) is 0.923. The van der Waals surface area contributed by atoms with E-state index >= 15 is 0 Å². The molecule has 0 spiro atoms. The molecular weight excluding hydrogens is 314 g/mol. The fraction of sp³-hybridized carbons (Fsp3) is 0.526. The largest absolute Gasteiger partial charge is 0.341 e. The molecule has 25 heavy (non-hydrogen) atoms. The maximum atomic E-state index is 13.1. The van der Waals surface area contributed by atoms with Gasteiger partial charge in [0, 0.05) is 25.6 Å². The van der Waals surface area contributed by atoms with Crippen molar-refractivity contribution in [1.29, 1.82) is 0 Å². The van der Waals surface area contributed by atoms with Gasteiger partial charge in [-0.2, -0.15) is 5.10 Å². The zero-order valence-electron chi connectivity index (χ0n) is 14.7. The molecule has 2 aliphatic rings. The summed E-state index contributed by atoms with van der Waals surface area (Å²) in [5.74, 6) is 2.07. The molecule has 0 bridgehead atoms. The molecule has 0 saturated carbocycles. The lowest BCUT2D eigenvalue weighted by Gasteiger charge is -2.30. The first-order chi connectivity index (χ1) is 12.2. The second kappa shape index (κ2) is 6.96. The van der Waals surface area contributed by atoms with E-state index < -0.39 is 0 Å². The summed E-state index contributed by atoms with van der Waals surface area (Å²) >= 11 is 0. The minimum atomic E-state index is -0.282. The number of carbonyl (C=O) groups excluding carboxylic acids is 1. The van der Waals surface area contributed by atoms with Crippen molar-refractivity contribution in [3.05, 3.63) is 47.5 Å². The zero-order chi connectivity index (χ0) is 17.2. The maximum absolute atomic E-state index is 13.1. The Morgan fingerprint density at radius 1 is 1.24 bits per heavy atom. The van der Waals surface area contributed by atoms with Crippen LogP contribution in [0.2, 0.25) is 0 Å². The second-order valence-corrected chi connectivity index (χ2v) is 7.04. The highest BCUT2D eigenvalue weighted by Crippen LogP contribution is 2.22. The van der Waals surface area contributed by atoms with Crippen molar-refractivity contribution in [2.24, 2.45) is 0 Å². The molecule has 0 unspecified atom stereocenters. The number of nitrogens with one attached hydrogen (secondary N) is 1. The van der Waals surface area contributed by atoms with E-state index in [1.165, 1.54) is 0 Å². The van der Waals surface area contributed by atoms with Gasteiger partial charge in [0.1, 0.15) is 17.7 Å². The zero-order valence-corrected chi connectivity index (χ0v) is 14.7. The molecule has 4 rings (SSSR count). The molecule has 132 valence electrons. The highest BCUT2D eigenvalue weighted by Gasteiger charge is 2.31. The molecule has 6 heteroatoms. The van der Waals surface area contributed by atoms with E-state index in [4.69, 9.17) is 0 Å². The van der Waals surface area contributed by atoms with Crippen LogP contribution in [0.25, 0.3) is 0 Å². The van der Waals surface area contributed by atoms with Crippen molar-refractivity contribution in [2.75, 3.05) is 13.1 Å². The first-order valence-corrected chi connectivity index (χ1v) is 9.21. The average molecular weight is 339 g/mol. The second-order valence-electron chi connectivity index (χ2n) is 7.04. The topological polar surface area (TPSA) is 63.1 Å². The van der Waals surface area contributed by atoms with E-state index in [9.17, 15) is 4.79 Å². The van der Waals surface area contributed by atoms with Gasteiger partial charge in [-0.3, -0.25) is 10.1 Å². The van der Waals surface area contributed by atoms with Crippen LogP contribution in [-0.4, -0.2) is 44.7 Å². The lowest BCUT2D eigenvalue weighted by molar-refractivity contribution is -0.132. The van der Waals surface area contributed by atoms with Crippen LogP contribution in [0.15, 0.2) is 30.3 Å². The standard InChI is InChI=1S/C19H25N5O/c1-14-20-17-10-9-16(13-24(17)22-14)21-18(15-7-3-2-4-8-15)19(25)23-11-5-6-12-23/h2-4,7-8,16,18,21H,5-6,9-13H2,1H3/t16-,18+/m1/s1. The molecule has 6 nitrogen and oxygen atoms in total. The smallest absolute Gasteiger partial charge is 0.244 e. The van der Waals surface area contributed by atoms with Crippen LogP contribution in [0.3, 0.4) is 0 Å². The number of rotatable bonds is 4. The van der Waals surface area contributed by atoms with Gasteiger partial charge in [0.05, 0.1) is 6.54 Å². The minimum absolute atomic E-state index is 0.198. The van der Waals surface area contributed by atoms with Crippen molar-refractivity contribution in [1.82, 2.24) is 25.0 Å². The Balaban J connectivity index is 1.53. The normalized spacial score (nSPS) is 21.2. The van der Waals surface area contributed by atoms with Crippen molar-refractivity contribution >= 4 is 5.91 Å². The predicted molar refractivity (Wildman–Crippen MR) is 95.0 cm³/mol. The van der Waals surface area contributed by atoms with Crippen molar-refractivity contribution in [2.45, 2.75) is 51.2 Å². The molecule has 0 radical (unpaired) electrons. The SMILES string of the molecule is Cc1nc2n(n1)C[C@H](N[C@H](C(=O)N1CCCC1)c1ccccc1)CC2. The van der Waals surface area contributed by atoms with E-state index in [1.54, 1.807) is 0 Å². The van der Waals surface area contributed by atoms with Gasteiger partial charge < -0.3 is 4.90 Å². The first-order valence-electron chi connectivity index (χ1n) is 9.21. The molecule has 2 aliphatic heterocycles. The van der Waals surface area contributed by atoms with Crippen LogP contribution in [0.5, 0.6) is 0 Å². The Morgan fingerprint density at radius 3 is 2.76 bits per heavy atom. The average Bonchev–Trinajstić information content (AvgIpc) is 3.28. The van der Waals surface area contributed by atoms with Gasteiger partial charge >= 0.3 is 0 Å². The van der Waals surface area contributed by atoms with Crippen LogP contribution in [0, 0.1) is 6.92 Å². The molecule has 1 saturated heterocycles. The van der Waals surface area contributed by atoms with Crippen LogP contribution in [0.4, 0.5) is 0 Å². The third-order valence-electron chi connectivity index (χ3n) is 5.16. The van der Waals surface area contributed by atoms with E-state index in [-0.39, 0.29) is 18.0 Å². The number of nitrogens with zero attached hydrogens (tertiary/aromatic N) is 4. The molecule has 1 aromatic heterocycles. The number of amides is 1. The van der Waals surface area contributed by atoms with Gasteiger partial charge in [0.25, 0.3) is 0 Å². The van der Waals surface area contributed by atoms with Crippen molar-refractivity contribution in [3.8, 4) is 0 Å². The Labute approximate surface area is 148 Å². The number of aryl methyl sites for hydroxylation is 2. The summed E-state index contributed by atoms with van der Waals surface area (Å²) in [5.41, 5.74) is 1.04. The molecular formula is C19H25N5O. The molecule has 3 heterocycles. The lowest BCUT2D eigenvalue weighted by Crippen LogP contribution is -2.46. The lowest BCUT2D eigenvalue weighted by atomic mass is 10.0. The molecule has 2 atom stereocenters. The summed E-state index contributed by atoms with van der Waals surface area (Å²) in [6.07, 6.45) is 4.10. The van der Waals surface area contributed by atoms with Gasteiger partial charge in [-0.15, -0.1) is 0 Å². The number of benzene rings is 1. The number of hydrogen-bond acceptors (Lipinski definition) is 4. The minimum Gasteiger partial charge on any atom is -0.341 e. The fourth-order valence-electron chi connectivity index (χ4n) is 3.88. The first kappa shape index (κ1) is 16.3. The van der Waals surface area contributed by atoms with Crippen molar-refractivity contribution < 1.29 is 4.79 Å². The molecule has 1 amide bonds. The van der Waals surface area contributed by atoms with E-state index in [2.05, 4.69) is 15.4 Å². The summed E-state index contributed by atoms with van der Waals surface area (Å²) in [6, 6.07) is 10.0. The molecule has 0 aliphatic carbocycles. The Morgan fingerprint density at radius 2 is 2.00 bits per heavy atom. The van der Waals surface area contributed by atoms with E-state index in [1.807, 2.05) is 46.8 Å². The van der Waals surface area contributed by atoms with Gasteiger partial charge in [-0.1, -0.05) is 30.3 Å². The van der Waals surface area contributed by atoms with E-state index in [0.717, 1.165) is 62.5 Å². The summed E-state index contributed by atoms with van der Waals surface area (Å²) in [7, 11) is 0.